The van der Waals surface area contributed by atoms with Crippen molar-refractivity contribution in [1.82, 2.24) is 13.1 Å². The molecule has 1 aromatic heterocycles. The van der Waals surface area contributed by atoms with Gasteiger partial charge < -0.3 is 5.84 Å². The highest BCUT2D eigenvalue weighted by Gasteiger charge is 2.32. The van der Waals surface area contributed by atoms with E-state index in [9.17, 15) is 31.2 Å². The Kier molecular flexibility index (Phi) is 3.08. The summed E-state index contributed by atoms with van der Waals surface area (Å²) in [6.07, 6.45) is 1.27. The fourth-order valence-electron chi connectivity index (χ4n) is 0.865. The molecule has 15 heteroatoms. The first-order chi connectivity index (χ1) is 8.19. The SMILES string of the molecule is Nn1n(S(=O)(=O)N=C=O)c(=O)n1S(=O)(=O)N=C=O. The minimum Gasteiger partial charge on any atom is -0.307 e. The highest BCUT2D eigenvalue weighted by molar-refractivity contribution is 7.89. The van der Waals surface area contributed by atoms with Gasteiger partial charge in [-0.05, 0) is 0 Å². The van der Waals surface area contributed by atoms with Crippen LogP contribution in [-0.4, -0.2) is 42.1 Å². The Balaban J connectivity index is 3.61. The lowest BCUT2D eigenvalue weighted by atomic mass is 11.3. The second-order valence-electron chi connectivity index (χ2n) is 2.41. The quantitative estimate of drug-likeness (QED) is 0.331. The third-order valence-electron chi connectivity index (χ3n) is 1.44. The fraction of sp³-hybridized carbons (Fsp3) is 0. The topological polar surface area (TPSA) is 185 Å². The van der Waals surface area contributed by atoms with Gasteiger partial charge in [-0.2, -0.15) is 16.8 Å². The molecule has 0 amide bonds. The molecule has 0 aliphatic heterocycles. The lowest BCUT2D eigenvalue weighted by Gasteiger charge is -2.17. The molecule has 0 aromatic carbocycles. The number of nitrogens with two attached hydrogens (primary N) is 1. The zero-order chi connectivity index (χ0) is 14.1. The van der Waals surface area contributed by atoms with E-state index >= 15 is 0 Å². The molecule has 0 fully saturated rings. The van der Waals surface area contributed by atoms with Crippen LogP contribution in [0.25, 0.3) is 0 Å². The average molecular weight is 298 g/mol. The summed E-state index contributed by atoms with van der Waals surface area (Å²) in [4.78, 5) is 30.6. The third kappa shape index (κ3) is 1.89. The number of aromatic nitrogens is 3. The zero-order valence-electron chi connectivity index (χ0n) is 7.99. The highest BCUT2D eigenvalue weighted by Crippen LogP contribution is 1.99. The molecule has 98 valence electrons. The predicted octanol–water partition coefficient (Wildman–Crippen LogP) is -3.98. The number of nitrogens with zero attached hydrogens (tertiary/aromatic N) is 5. The summed E-state index contributed by atoms with van der Waals surface area (Å²) in [7, 11) is -9.68. The Hall–Kier alpha value is -2.47. The van der Waals surface area contributed by atoms with Gasteiger partial charge in [-0.1, -0.05) is 21.9 Å². The van der Waals surface area contributed by atoms with Crippen molar-refractivity contribution >= 4 is 32.6 Å². The van der Waals surface area contributed by atoms with Crippen LogP contribution in [0.5, 0.6) is 0 Å². The number of hydrogen-bond acceptors (Lipinski definition) is 8. The van der Waals surface area contributed by atoms with Crippen molar-refractivity contribution in [3.63, 3.8) is 0 Å². The normalized spacial score (nSPS) is 11.6. The Morgan fingerprint density at radius 1 is 0.944 bits per heavy atom. The Bertz CT molecular complexity index is 767. The largest absolute Gasteiger partial charge is 0.395 e. The van der Waals surface area contributed by atoms with Crippen molar-refractivity contribution in [3.8, 4) is 0 Å². The van der Waals surface area contributed by atoms with Crippen LogP contribution in [0.1, 0.15) is 0 Å². The van der Waals surface area contributed by atoms with E-state index in [0.29, 0.717) is 12.2 Å². The second-order valence-corrected chi connectivity index (χ2v) is 5.26. The van der Waals surface area contributed by atoms with Crippen LogP contribution >= 0.6 is 0 Å². The van der Waals surface area contributed by atoms with Crippen LogP contribution in [0.15, 0.2) is 13.6 Å². The van der Waals surface area contributed by atoms with Gasteiger partial charge in [0, 0.05) is 0 Å². The maximum absolute atomic E-state index is 11.2. The maximum Gasteiger partial charge on any atom is 0.395 e. The maximum atomic E-state index is 11.2. The number of rotatable bonds is 4. The molecule has 0 atom stereocenters. The van der Waals surface area contributed by atoms with E-state index in [1.807, 2.05) is 0 Å². The summed E-state index contributed by atoms with van der Waals surface area (Å²) < 4.78 is 48.1. The van der Waals surface area contributed by atoms with E-state index in [2.05, 4.69) is 8.80 Å². The lowest BCUT2D eigenvalue weighted by molar-refractivity contribution is 0.423. The van der Waals surface area contributed by atoms with Crippen LogP contribution in [0, 0.1) is 0 Å². The van der Waals surface area contributed by atoms with Gasteiger partial charge >= 0.3 is 26.1 Å². The first kappa shape index (κ1) is 13.6. The molecule has 1 heterocycles. The van der Waals surface area contributed by atoms with Crippen LogP contribution in [0.4, 0.5) is 0 Å². The Labute approximate surface area is 97.7 Å². The molecule has 0 saturated heterocycles. The summed E-state index contributed by atoms with van der Waals surface area (Å²) in [5, 5.41) is 0. The molecule has 0 unspecified atom stereocenters. The van der Waals surface area contributed by atoms with Crippen molar-refractivity contribution in [2.24, 2.45) is 8.80 Å². The van der Waals surface area contributed by atoms with Crippen molar-refractivity contribution in [1.29, 1.82) is 0 Å². The van der Waals surface area contributed by atoms with Crippen molar-refractivity contribution < 1.29 is 26.4 Å². The summed E-state index contributed by atoms with van der Waals surface area (Å²) in [6, 6.07) is 0. The molecule has 0 radical (unpaired) electrons. The first-order valence-electron chi connectivity index (χ1n) is 3.56. The van der Waals surface area contributed by atoms with Crippen LogP contribution in [0.3, 0.4) is 0 Å². The summed E-state index contributed by atoms with van der Waals surface area (Å²) in [5.74, 6) is 4.92. The molecule has 1 rings (SSSR count). The molecule has 0 aliphatic rings. The van der Waals surface area contributed by atoms with Gasteiger partial charge in [-0.25, -0.2) is 14.4 Å². The van der Waals surface area contributed by atoms with E-state index in [1.54, 1.807) is 0 Å². The Morgan fingerprint density at radius 3 is 1.50 bits per heavy atom. The first-order valence-corrected chi connectivity index (χ1v) is 6.36. The van der Waals surface area contributed by atoms with E-state index < -0.39 is 26.1 Å². The van der Waals surface area contributed by atoms with E-state index in [1.165, 1.54) is 0 Å². The second kappa shape index (κ2) is 4.08. The van der Waals surface area contributed by atoms with Gasteiger partial charge in [0.05, 0.1) is 0 Å². The standard InChI is InChI=1S/C3H2N6O7S2/c4-9-7(17(13,14)5-1-10)3(12)8(9)18(15,16)6-2-11/h4H2. The minimum atomic E-state index is -4.84. The Morgan fingerprint density at radius 2 is 1.28 bits per heavy atom. The van der Waals surface area contributed by atoms with Gasteiger partial charge in [0.1, 0.15) is 0 Å². The number of carbonyl (C=O) groups excluding carboxylic acids is 2. The summed E-state index contributed by atoms with van der Waals surface area (Å²) in [5.41, 5.74) is -1.71. The fourth-order valence-corrected chi connectivity index (χ4v) is 2.42. The molecule has 1 aromatic rings. The van der Waals surface area contributed by atoms with Gasteiger partial charge in [-0.3, -0.25) is 0 Å². The summed E-state index contributed by atoms with van der Waals surface area (Å²) >= 11 is 0. The molecular formula is C3H2N6O7S2. The zero-order valence-corrected chi connectivity index (χ0v) is 9.62. The van der Waals surface area contributed by atoms with Gasteiger partial charge in [0.25, 0.3) is 12.2 Å². The predicted molar refractivity (Wildman–Crippen MR) is 51.7 cm³/mol. The van der Waals surface area contributed by atoms with Crippen LogP contribution in [-0.2, 0) is 30.0 Å². The van der Waals surface area contributed by atoms with Crippen molar-refractivity contribution in [3.05, 3.63) is 10.5 Å². The molecule has 13 nitrogen and oxygen atoms in total. The smallest absolute Gasteiger partial charge is 0.307 e. The monoisotopic (exact) mass is 298 g/mol. The molecule has 0 bridgehead atoms. The van der Waals surface area contributed by atoms with Gasteiger partial charge in [-0.15, -0.1) is 0 Å². The van der Waals surface area contributed by atoms with Crippen LogP contribution < -0.4 is 11.5 Å². The summed E-state index contributed by atoms with van der Waals surface area (Å²) in [6.45, 7) is 0. The van der Waals surface area contributed by atoms with E-state index in [4.69, 9.17) is 5.84 Å². The number of nitrogen functional groups attached to an aromatic ring is 1. The number of isocyanates is 2. The van der Waals surface area contributed by atoms with Gasteiger partial charge in [0.2, 0.25) is 0 Å². The van der Waals surface area contributed by atoms with E-state index in [-0.39, 0.29) is 13.1 Å². The van der Waals surface area contributed by atoms with E-state index in [0.717, 1.165) is 0 Å². The van der Waals surface area contributed by atoms with Gasteiger partial charge in [0.15, 0.2) is 0 Å². The van der Waals surface area contributed by atoms with Crippen molar-refractivity contribution in [2.45, 2.75) is 0 Å². The van der Waals surface area contributed by atoms with Crippen LogP contribution in [0.2, 0.25) is 0 Å². The highest BCUT2D eigenvalue weighted by atomic mass is 32.2. The third-order valence-corrected chi connectivity index (χ3v) is 3.57. The molecule has 0 aliphatic carbocycles. The molecule has 18 heavy (non-hydrogen) atoms. The molecule has 0 saturated carbocycles. The lowest BCUT2D eigenvalue weighted by Crippen LogP contribution is -2.57. The molecular weight excluding hydrogens is 296 g/mol. The van der Waals surface area contributed by atoms with Crippen molar-refractivity contribution in [2.75, 3.05) is 5.84 Å². The minimum absolute atomic E-state index is 0.228. The number of hydrogen-bond donors (Lipinski definition) is 1. The average Bonchev–Trinajstić information content (AvgIpc) is 2.15. The molecule has 2 N–H and O–H groups in total. The molecule has 0 spiro atoms.